The van der Waals surface area contributed by atoms with E-state index < -0.39 is 0 Å². The molecule has 1 N–H and O–H groups in total. The van der Waals surface area contributed by atoms with Gasteiger partial charge in [0, 0.05) is 36.5 Å². The number of aliphatic hydroxyl groups excluding tert-OH is 1. The third-order valence-electron chi connectivity index (χ3n) is 5.41. The van der Waals surface area contributed by atoms with Crippen molar-refractivity contribution in [3.05, 3.63) is 78.0 Å². The van der Waals surface area contributed by atoms with Gasteiger partial charge in [0.15, 0.2) is 0 Å². The van der Waals surface area contributed by atoms with Crippen molar-refractivity contribution in [2.75, 3.05) is 18.0 Å². The molecule has 1 aliphatic heterocycles. The minimum Gasteiger partial charge on any atom is -0.472 e. The van der Waals surface area contributed by atoms with E-state index >= 15 is 0 Å². The third-order valence-corrected chi connectivity index (χ3v) is 5.41. The monoisotopic (exact) mass is 404 g/mol. The molecule has 1 aromatic heterocycles. The van der Waals surface area contributed by atoms with Gasteiger partial charge in [0.2, 0.25) is 5.88 Å². The number of pyridine rings is 1. The Balaban J connectivity index is 1.43. The summed E-state index contributed by atoms with van der Waals surface area (Å²) in [5.74, 6) is 2.66. The van der Waals surface area contributed by atoms with Crippen LogP contribution in [0.3, 0.4) is 0 Å². The Hall–Kier alpha value is -3.05. The number of rotatable bonds is 7. The van der Waals surface area contributed by atoms with E-state index in [9.17, 15) is 5.11 Å². The van der Waals surface area contributed by atoms with Crippen molar-refractivity contribution in [2.45, 2.75) is 38.9 Å². The third kappa shape index (κ3) is 4.74. The van der Waals surface area contributed by atoms with Crippen LogP contribution in [0.4, 0.5) is 5.69 Å². The van der Waals surface area contributed by atoms with Gasteiger partial charge in [-0.25, -0.2) is 4.98 Å². The molecule has 4 rings (SSSR count). The molecular weight excluding hydrogens is 376 g/mol. The molecule has 0 aliphatic carbocycles. The van der Waals surface area contributed by atoms with E-state index in [2.05, 4.69) is 35.9 Å². The molecule has 1 aliphatic rings. The number of aromatic nitrogens is 1. The highest BCUT2D eigenvalue weighted by Crippen LogP contribution is 2.32. The summed E-state index contributed by atoms with van der Waals surface area (Å²) in [6, 6.07) is 19.7. The van der Waals surface area contributed by atoms with Gasteiger partial charge in [-0.15, -0.1) is 0 Å². The van der Waals surface area contributed by atoms with Crippen molar-refractivity contribution in [3.8, 4) is 17.4 Å². The molecule has 0 amide bonds. The van der Waals surface area contributed by atoms with Crippen LogP contribution in [0.1, 0.15) is 37.3 Å². The Morgan fingerprint density at radius 1 is 1.07 bits per heavy atom. The van der Waals surface area contributed by atoms with E-state index in [-0.39, 0.29) is 12.7 Å². The second-order valence-electron chi connectivity index (χ2n) is 7.92. The van der Waals surface area contributed by atoms with Crippen LogP contribution in [-0.2, 0) is 6.61 Å². The first-order chi connectivity index (χ1) is 14.6. The molecule has 0 radical (unpaired) electrons. The molecule has 5 nitrogen and oxygen atoms in total. The van der Waals surface area contributed by atoms with Gasteiger partial charge in [-0.05, 0) is 47.9 Å². The molecule has 0 bridgehead atoms. The summed E-state index contributed by atoms with van der Waals surface area (Å²) >= 11 is 0. The molecule has 2 heterocycles. The molecule has 1 atom stereocenters. The van der Waals surface area contributed by atoms with Gasteiger partial charge in [0.05, 0.1) is 13.2 Å². The number of hydrogen-bond acceptors (Lipinski definition) is 5. The van der Waals surface area contributed by atoms with Gasteiger partial charge in [-0.2, -0.15) is 0 Å². The van der Waals surface area contributed by atoms with Crippen LogP contribution in [0, 0.1) is 0 Å². The van der Waals surface area contributed by atoms with Gasteiger partial charge in [0.1, 0.15) is 17.6 Å². The summed E-state index contributed by atoms with van der Waals surface area (Å²) in [6.07, 6.45) is 2.74. The molecule has 30 heavy (non-hydrogen) atoms. The summed E-state index contributed by atoms with van der Waals surface area (Å²) in [7, 11) is 0. The van der Waals surface area contributed by atoms with Gasteiger partial charge >= 0.3 is 0 Å². The van der Waals surface area contributed by atoms with Crippen LogP contribution in [0.25, 0.3) is 0 Å². The van der Waals surface area contributed by atoms with E-state index in [1.165, 1.54) is 5.56 Å². The highest BCUT2D eigenvalue weighted by Gasteiger charge is 2.26. The molecule has 156 valence electrons. The Morgan fingerprint density at radius 3 is 2.57 bits per heavy atom. The lowest BCUT2D eigenvalue weighted by molar-refractivity contribution is 0.216. The summed E-state index contributed by atoms with van der Waals surface area (Å²) < 4.78 is 12.0. The number of hydrogen-bond donors (Lipinski definition) is 1. The Morgan fingerprint density at radius 2 is 1.87 bits per heavy atom. The van der Waals surface area contributed by atoms with Crippen LogP contribution < -0.4 is 14.4 Å². The van der Waals surface area contributed by atoms with Crippen LogP contribution in [0.2, 0.25) is 0 Å². The van der Waals surface area contributed by atoms with Crippen molar-refractivity contribution >= 4 is 5.69 Å². The average molecular weight is 405 g/mol. The Kier molecular flexibility index (Phi) is 6.19. The summed E-state index contributed by atoms with van der Waals surface area (Å²) in [4.78, 5) is 6.49. The number of ether oxygens (including phenoxy) is 2. The highest BCUT2D eigenvalue weighted by molar-refractivity contribution is 5.57. The van der Waals surface area contributed by atoms with E-state index in [4.69, 9.17) is 9.47 Å². The van der Waals surface area contributed by atoms with Crippen LogP contribution in [0.5, 0.6) is 17.4 Å². The smallest absolute Gasteiger partial charge is 0.213 e. The van der Waals surface area contributed by atoms with Crippen LogP contribution >= 0.6 is 0 Å². The predicted octanol–water partition coefficient (Wildman–Crippen LogP) is 5.15. The molecule has 0 spiro atoms. The maximum Gasteiger partial charge on any atom is 0.213 e. The lowest BCUT2D eigenvalue weighted by Crippen LogP contribution is -2.25. The number of anilines is 1. The fourth-order valence-electron chi connectivity index (χ4n) is 3.75. The second kappa shape index (κ2) is 9.18. The van der Waals surface area contributed by atoms with E-state index in [0.717, 1.165) is 42.3 Å². The average Bonchev–Trinajstić information content (AvgIpc) is 3.23. The zero-order chi connectivity index (χ0) is 20.9. The minimum absolute atomic E-state index is 0.0406. The van der Waals surface area contributed by atoms with Gasteiger partial charge in [-0.1, -0.05) is 32.0 Å². The minimum atomic E-state index is -0.0406. The van der Waals surface area contributed by atoms with Crippen LogP contribution in [0.15, 0.2) is 66.9 Å². The summed E-state index contributed by atoms with van der Waals surface area (Å²) in [5.41, 5.74) is 3.15. The maximum atomic E-state index is 9.94. The molecular formula is C25H28N2O3. The fourth-order valence-corrected chi connectivity index (χ4v) is 3.75. The topological polar surface area (TPSA) is 54.8 Å². The lowest BCUT2D eigenvalue weighted by atomic mass is 10.0. The van der Waals surface area contributed by atoms with Crippen molar-refractivity contribution in [2.24, 2.45) is 0 Å². The number of benzene rings is 2. The zero-order valence-electron chi connectivity index (χ0n) is 17.5. The molecule has 5 heteroatoms. The molecule has 0 saturated carbocycles. The maximum absolute atomic E-state index is 9.94. The standard InChI is InChI=1S/C25H28N2O3/c1-18(2)19-6-8-21(9-7-19)29-22-10-11-24(20(15-22)17-28)27-14-12-23(16-27)30-25-5-3-4-13-26-25/h3-11,13,15,18,23,28H,12,14,16-17H2,1-2H3/t23-/m0/s1. The molecule has 2 aromatic carbocycles. The quantitative estimate of drug-likeness (QED) is 0.590. The van der Waals surface area contributed by atoms with E-state index in [0.29, 0.717) is 11.8 Å². The van der Waals surface area contributed by atoms with Crippen molar-refractivity contribution in [3.63, 3.8) is 0 Å². The van der Waals surface area contributed by atoms with E-state index in [1.807, 2.05) is 48.5 Å². The zero-order valence-corrected chi connectivity index (χ0v) is 17.5. The molecule has 1 fully saturated rings. The first-order valence-corrected chi connectivity index (χ1v) is 10.5. The highest BCUT2D eigenvalue weighted by atomic mass is 16.5. The predicted molar refractivity (Wildman–Crippen MR) is 118 cm³/mol. The first-order valence-electron chi connectivity index (χ1n) is 10.5. The normalized spacial score (nSPS) is 16.1. The first kappa shape index (κ1) is 20.2. The fraction of sp³-hybridized carbons (Fsp3) is 0.320. The van der Waals surface area contributed by atoms with Crippen molar-refractivity contribution in [1.29, 1.82) is 0 Å². The molecule has 0 unspecified atom stereocenters. The number of nitrogens with zero attached hydrogens (tertiary/aromatic N) is 2. The van der Waals surface area contributed by atoms with Crippen molar-refractivity contribution < 1.29 is 14.6 Å². The largest absolute Gasteiger partial charge is 0.472 e. The van der Waals surface area contributed by atoms with E-state index in [1.54, 1.807) is 6.20 Å². The lowest BCUT2D eigenvalue weighted by Gasteiger charge is -2.22. The van der Waals surface area contributed by atoms with Gasteiger partial charge in [0.25, 0.3) is 0 Å². The second-order valence-corrected chi connectivity index (χ2v) is 7.92. The molecule has 1 saturated heterocycles. The Bertz CT molecular complexity index is 958. The molecule has 3 aromatic rings. The van der Waals surface area contributed by atoms with Crippen LogP contribution in [-0.4, -0.2) is 29.3 Å². The van der Waals surface area contributed by atoms with Gasteiger partial charge < -0.3 is 19.5 Å². The SMILES string of the molecule is CC(C)c1ccc(Oc2ccc(N3CC[C@H](Oc4ccccn4)C3)c(CO)c2)cc1. The number of aliphatic hydroxyl groups is 1. The summed E-state index contributed by atoms with van der Waals surface area (Å²) in [6.45, 7) is 5.95. The van der Waals surface area contributed by atoms with Gasteiger partial charge in [-0.3, -0.25) is 0 Å². The summed E-state index contributed by atoms with van der Waals surface area (Å²) in [5, 5.41) is 9.94. The van der Waals surface area contributed by atoms with Crippen molar-refractivity contribution in [1.82, 2.24) is 4.98 Å². The Labute approximate surface area is 177 Å².